The molecule has 1 aliphatic rings. The monoisotopic (exact) mass is 2140 g/mol. The number of likely N-dealkylation sites (tertiary alicyclic amines) is 1. The molecule has 3 aromatic rings. The zero-order valence-corrected chi connectivity index (χ0v) is 85.5. The number of primary amides is 3. The van der Waals surface area contributed by atoms with E-state index in [4.69, 9.17) is 45.5 Å². The van der Waals surface area contributed by atoms with E-state index < -0.39 is 320 Å². The number of guanidine groups is 1. The summed E-state index contributed by atoms with van der Waals surface area (Å²) in [4.78, 5) is 318. The second kappa shape index (κ2) is 66.0. The van der Waals surface area contributed by atoms with E-state index in [2.05, 4.69) is 121 Å². The average Bonchev–Trinajstić information content (AvgIpc) is 1.69. The molecule has 0 saturated carbocycles. The number of carbonyl (C=O) groups is 23. The van der Waals surface area contributed by atoms with E-state index in [0.29, 0.717) is 22.0 Å². The number of carboxylic acid groups (broad SMARTS) is 3. The van der Waals surface area contributed by atoms with E-state index in [1.807, 2.05) is 0 Å². The van der Waals surface area contributed by atoms with Gasteiger partial charge in [-0.1, -0.05) is 76.2 Å². The third-order valence-electron chi connectivity index (χ3n) is 23.4. The lowest BCUT2D eigenvalue weighted by Gasteiger charge is -2.30. The number of aromatic nitrogens is 1. The van der Waals surface area contributed by atoms with Crippen molar-refractivity contribution >= 4 is 178 Å². The number of carbonyl (C=O) groups excluding carboxylic acids is 20. The summed E-state index contributed by atoms with van der Waals surface area (Å²) in [5.41, 5.74) is 40.3. The van der Waals surface area contributed by atoms with Gasteiger partial charge in [-0.15, -0.1) is 0 Å². The van der Waals surface area contributed by atoms with Crippen LogP contribution in [0.2, 0.25) is 0 Å². The number of aliphatic carboxylic acids is 3. The van der Waals surface area contributed by atoms with Gasteiger partial charge in [-0.2, -0.15) is 25.3 Å². The number of thiol groups is 2. The van der Waals surface area contributed by atoms with Crippen LogP contribution in [0.15, 0.2) is 60.8 Å². The average molecular weight is 2140 g/mol. The number of hydrogen-bond donors (Lipinski definition) is 32. The molecule has 0 unspecified atom stereocenters. The number of aliphatic hydroxyl groups excluding tert-OH is 1. The van der Waals surface area contributed by atoms with E-state index in [0.717, 1.165) is 6.92 Å². The molecular formula is C93H145N27O27S2. The number of unbranched alkanes of at least 4 members (excludes halogenated alkanes) is 2. The van der Waals surface area contributed by atoms with Gasteiger partial charge in [0.15, 0.2) is 5.96 Å². The Morgan fingerprint density at radius 1 is 0.423 bits per heavy atom. The summed E-state index contributed by atoms with van der Waals surface area (Å²) in [6, 6.07) is -11.1. The second-order valence-corrected chi connectivity index (χ2v) is 37.4. The highest BCUT2D eigenvalue weighted by atomic mass is 32.1. The molecule has 17 atom stereocenters. The fourth-order valence-electron chi connectivity index (χ4n) is 15.6. The van der Waals surface area contributed by atoms with Crippen molar-refractivity contribution in [2.45, 2.75) is 285 Å². The van der Waals surface area contributed by atoms with Gasteiger partial charge < -0.3 is 161 Å². The standard InChI is InChI=1S/C93H145N27O27S2/c1-47(2)37-61(112-85(139)64(41-75(129)130)115-84(138)63(40-51-42-103-54-20-10-9-19-52(51)54)114-80(134)55(21-11-13-33-94)108-79(133)57(23-15-35-102-93(100)101)109-87(141)66(45-148)117-81(135)58(28-32-74(127)128)106-72(125)43-104-77(131)53(96)25-29-69(97)122)83(137)113-62(38-48(3)4)86(140)119-76(49(5)121)90(144)111-56(22-12-14-34-95)78(132)110-59(26-30-70(98)123)82(136)118-67(46-149)88(142)116-65(39-50-17-7-6-8-18-50)91(145)120-36-16-24-68(120)89(143)105-44-73(126)107-60(92(146)147)27-31-71(99)124/h6-10,17-20,42,47-49,53,55-68,76,103,121,148-149H,11-16,21-41,43-46,94-96H2,1-5H3,(H2,97,122)(H2,98,123)(H2,99,124)(H,104,131)(H,105,143)(H,106,125)(H,107,126)(H,108,133)(H,109,141)(H,110,132)(H,111,144)(H,112,139)(H,113,137)(H,114,134)(H,115,138)(H,116,142)(H,117,135)(H,118,136)(H,119,140)(H,127,128)(H,129,130)(H,146,147)(H4,100,101,102)/t49-,53+,55+,56+,57+,58+,59+,60+,61+,62+,63+,64+,65+,66+,67+,68+,76+/m1/s1. The highest BCUT2D eigenvalue weighted by Crippen LogP contribution is 2.24. The summed E-state index contributed by atoms with van der Waals surface area (Å²) in [5.74, 6) is -27.3. The molecule has 37 N–H and O–H groups in total. The number of hydrogen-bond acceptors (Lipinski definition) is 30. The van der Waals surface area contributed by atoms with Crippen molar-refractivity contribution in [3.05, 3.63) is 71.9 Å². The van der Waals surface area contributed by atoms with Crippen LogP contribution in [0.4, 0.5) is 0 Å². The van der Waals surface area contributed by atoms with Crippen molar-refractivity contribution in [2.75, 3.05) is 50.8 Å². The first kappa shape index (κ1) is 127. The number of carboxylic acids is 3. The molecule has 20 amide bonds. The minimum atomic E-state index is -2.08. The molecule has 0 spiro atoms. The summed E-state index contributed by atoms with van der Waals surface area (Å²) in [5, 5.41) is 90.7. The molecule has 56 heteroatoms. The van der Waals surface area contributed by atoms with Gasteiger partial charge >= 0.3 is 17.9 Å². The number of fused-ring (bicyclic) bond motifs is 1. The summed E-state index contributed by atoms with van der Waals surface area (Å²) in [6.07, 6.45) is -5.62. The van der Waals surface area contributed by atoms with Crippen molar-refractivity contribution in [1.29, 1.82) is 5.41 Å². The van der Waals surface area contributed by atoms with E-state index >= 15 is 9.59 Å². The van der Waals surface area contributed by atoms with Gasteiger partial charge in [-0.3, -0.25) is 111 Å². The zero-order chi connectivity index (χ0) is 111. The van der Waals surface area contributed by atoms with Gasteiger partial charge in [-0.25, -0.2) is 4.79 Å². The maximum Gasteiger partial charge on any atom is 0.326 e. The molecule has 1 aliphatic heterocycles. The molecule has 0 bridgehead atoms. The predicted octanol–water partition coefficient (Wildman–Crippen LogP) is -8.63. The maximum absolute atomic E-state index is 15.1. The highest BCUT2D eigenvalue weighted by Gasteiger charge is 2.43. The third-order valence-corrected chi connectivity index (χ3v) is 24.2. The van der Waals surface area contributed by atoms with E-state index in [1.165, 1.54) is 11.1 Å². The van der Waals surface area contributed by atoms with Crippen molar-refractivity contribution < 1.29 is 131 Å². The number of aliphatic hydroxyl groups is 1. The Labute approximate surface area is 870 Å². The minimum Gasteiger partial charge on any atom is -0.481 e. The highest BCUT2D eigenvalue weighted by molar-refractivity contribution is 7.80. The van der Waals surface area contributed by atoms with Crippen LogP contribution in [0.1, 0.15) is 181 Å². The largest absolute Gasteiger partial charge is 0.481 e. The van der Waals surface area contributed by atoms with Crippen molar-refractivity contribution in [3.8, 4) is 0 Å². The van der Waals surface area contributed by atoms with Crippen molar-refractivity contribution in [2.24, 2.45) is 52.0 Å². The molecule has 0 aliphatic carbocycles. The predicted molar refractivity (Wildman–Crippen MR) is 543 cm³/mol. The van der Waals surface area contributed by atoms with Crippen LogP contribution in [0.25, 0.3) is 10.9 Å². The Bertz CT molecular complexity index is 5120. The fourth-order valence-corrected chi connectivity index (χ4v) is 16.1. The first-order valence-corrected chi connectivity index (χ1v) is 50.0. The lowest BCUT2D eigenvalue weighted by molar-refractivity contribution is -0.143. The zero-order valence-electron chi connectivity index (χ0n) is 83.7. The molecular weight excluding hydrogens is 1990 g/mol. The van der Waals surface area contributed by atoms with Crippen LogP contribution < -0.4 is 131 Å². The molecule has 2 heterocycles. The van der Waals surface area contributed by atoms with Gasteiger partial charge in [0.25, 0.3) is 0 Å². The molecule has 1 aromatic heterocycles. The Hall–Kier alpha value is -14.4. The molecule has 149 heavy (non-hydrogen) atoms. The number of benzene rings is 2. The third kappa shape index (κ3) is 46.7. The van der Waals surface area contributed by atoms with E-state index in [1.54, 1.807) is 82.3 Å². The topological polar surface area (TPSA) is 903 Å². The minimum absolute atomic E-state index is 0.00648. The van der Waals surface area contributed by atoms with Crippen molar-refractivity contribution in [1.82, 2.24) is 100 Å². The lowest BCUT2D eigenvalue weighted by atomic mass is 9.99. The van der Waals surface area contributed by atoms with Crippen LogP contribution in [0.3, 0.4) is 0 Å². The molecule has 826 valence electrons. The van der Waals surface area contributed by atoms with E-state index in [9.17, 15) is 121 Å². The Kier molecular flexibility index (Phi) is 56.2. The summed E-state index contributed by atoms with van der Waals surface area (Å²) >= 11 is 8.55. The molecule has 54 nitrogen and oxygen atoms in total. The summed E-state index contributed by atoms with van der Waals surface area (Å²) in [7, 11) is 0. The Morgan fingerprint density at radius 2 is 0.826 bits per heavy atom. The van der Waals surface area contributed by atoms with Gasteiger partial charge in [0.05, 0.1) is 31.7 Å². The van der Waals surface area contributed by atoms with Crippen LogP contribution in [-0.4, -0.2) is 326 Å². The fraction of sp³-hybridized carbons (Fsp3) is 0.591. The maximum atomic E-state index is 15.1. The van der Waals surface area contributed by atoms with E-state index in [-0.39, 0.29) is 135 Å². The number of para-hydroxylation sites is 1. The van der Waals surface area contributed by atoms with Gasteiger partial charge in [0.1, 0.15) is 90.6 Å². The SMILES string of the molecule is CC(C)C[C@H](NC(=O)[C@H](CC(=O)O)NC(=O)[C@H](Cc1c[nH]c2ccccc12)NC(=O)[C@H](CCCCN)NC(=O)[C@H](CCCNC(=N)N)NC(=O)[C@H](CS)NC(=O)[C@H](CCC(=O)O)NC(=O)CNC(=O)[C@@H](N)CCC(N)=O)C(=O)N[C@@H](CC(C)C)C(=O)N[C@H](C(=O)N[C@@H](CCCCN)C(=O)N[C@@H](CCC(N)=O)C(=O)N[C@@H](CS)C(=O)N[C@@H](Cc1ccccc1)C(=O)N1CCC[C@H]1C(=O)NCC(=O)N[C@@H](CCC(N)=O)C(=O)O)[C@@H](C)O. The first-order valence-electron chi connectivity index (χ1n) is 48.7. The summed E-state index contributed by atoms with van der Waals surface area (Å²) in [6.45, 7) is 6.24. The Morgan fingerprint density at radius 3 is 1.31 bits per heavy atom. The van der Waals surface area contributed by atoms with Crippen LogP contribution in [0.5, 0.6) is 0 Å². The van der Waals surface area contributed by atoms with Gasteiger partial charge in [-0.05, 0) is 152 Å². The second-order valence-electron chi connectivity index (χ2n) is 36.7. The molecule has 4 rings (SSSR count). The number of aromatic amines is 1. The number of rotatable bonds is 71. The number of H-pyrrole nitrogens is 1. The number of nitrogens with two attached hydrogens (primary N) is 7. The summed E-state index contributed by atoms with van der Waals surface area (Å²) < 4.78 is 0. The van der Waals surface area contributed by atoms with Crippen molar-refractivity contribution in [3.63, 3.8) is 0 Å². The number of nitrogens with one attached hydrogen (secondary N) is 19. The molecule has 1 saturated heterocycles. The molecule has 0 radical (unpaired) electrons. The van der Waals surface area contributed by atoms with Crippen LogP contribution >= 0.6 is 25.3 Å². The first-order chi connectivity index (χ1) is 70.4. The number of amides is 20. The number of nitrogens with zero attached hydrogens (tertiary/aromatic N) is 1. The van der Waals surface area contributed by atoms with Gasteiger partial charge in [0.2, 0.25) is 118 Å². The van der Waals surface area contributed by atoms with Gasteiger partial charge in [0, 0.05) is 80.2 Å². The van der Waals surface area contributed by atoms with Crippen LogP contribution in [0, 0.1) is 17.2 Å². The quantitative estimate of drug-likeness (QED) is 0.0108. The molecule has 2 aromatic carbocycles. The molecule has 1 fully saturated rings. The Balaban J connectivity index is 1.63. The lowest BCUT2D eigenvalue weighted by Crippen LogP contribution is -2.62. The smallest absolute Gasteiger partial charge is 0.326 e. The van der Waals surface area contributed by atoms with Crippen LogP contribution in [-0.2, 0) is 123 Å². The normalized spacial score (nSPS) is 15.4.